The van der Waals surface area contributed by atoms with Crippen molar-refractivity contribution in [3.63, 3.8) is 0 Å². The van der Waals surface area contributed by atoms with E-state index in [1.807, 2.05) is 0 Å². The SMILES string of the molecule is C[S+]([O-])/N=C(/c1cc(F)cc(C(F)(F)F)c1)c1ccc(Cl)cn1. The standard InChI is InChI=1S/C14H9ClF4N2OS/c1-23(22)21-13(12-3-2-10(15)7-20-12)8-4-9(14(17,18)19)6-11(16)5-8/h2-7H,1H3/b21-13-. The van der Waals surface area contributed by atoms with Crippen LogP contribution in [-0.2, 0) is 17.5 Å². The van der Waals surface area contributed by atoms with Crippen LogP contribution in [0.25, 0.3) is 0 Å². The van der Waals surface area contributed by atoms with Gasteiger partial charge in [0, 0.05) is 11.8 Å². The fourth-order valence-electron chi connectivity index (χ4n) is 1.78. The van der Waals surface area contributed by atoms with Crippen molar-refractivity contribution in [1.82, 2.24) is 4.98 Å². The molecular formula is C14H9ClF4N2OS. The fourth-order valence-corrected chi connectivity index (χ4v) is 2.35. The Kier molecular flexibility index (Phi) is 5.28. The molecule has 0 spiro atoms. The van der Waals surface area contributed by atoms with Crippen LogP contribution < -0.4 is 0 Å². The highest BCUT2D eigenvalue weighted by Crippen LogP contribution is 2.31. The van der Waals surface area contributed by atoms with E-state index in [-0.39, 0.29) is 17.0 Å². The van der Waals surface area contributed by atoms with E-state index in [0.29, 0.717) is 11.1 Å². The van der Waals surface area contributed by atoms with Gasteiger partial charge in [0.25, 0.3) is 0 Å². The van der Waals surface area contributed by atoms with E-state index in [0.717, 1.165) is 12.1 Å². The van der Waals surface area contributed by atoms with Gasteiger partial charge in [0.2, 0.25) is 0 Å². The van der Waals surface area contributed by atoms with Crippen LogP contribution in [0, 0.1) is 5.82 Å². The number of hydrogen-bond acceptors (Lipinski definition) is 3. The number of aromatic nitrogens is 1. The minimum atomic E-state index is -4.72. The molecule has 0 aliphatic rings. The van der Waals surface area contributed by atoms with Crippen LogP contribution in [0.4, 0.5) is 17.6 Å². The second kappa shape index (κ2) is 6.86. The van der Waals surface area contributed by atoms with Gasteiger partial charge in [0.15, 0.2) is 0 Å². The average Bonchev–Trinajstić information content (AvgIpc) is 2.44. The van der Waals surface area contributed by atoms with Gasteiger partial charge in [-0.05, 0) is 30.3 Å². The van der Waals surface area contributed by atoms with Gasteiger partial charge in [-0.3, -0.25) is 4.98 Å². The third-order valence-electron chi connectivity index (χ3n) is 2.69. The predicted octanol–water partition coefficient (Wildman–Crippen LogP) is 4.02. The molecule has 0 aliphatic carbocycles. The molecular weight excluding hydrogens is 356 g/mol. The summed E-state index contributed by atoms with van der Waals surface area (Å²) >= 11 is 3.98. The summed E-state index contributed by atoms with van der Waals surface area (Å²) in [6, 6.07) is 4.82. The van der Waals surface area contributed by atoms with E-state index < -0.39 is 28.9 Å². The van der Waals surface area contributed by atoms with Crippen LogP contribution in [0.5, 0.6) is 0 Å². The van der Waals surface area contributed by atoms with Crippen LogP contribution in [0.15, 0.2) is 40.9 Å². The van der Waals surface area contributed by atoms with E-state index in [2.05, 4.69) is 9.38 Å². The van der Waals surface area contributed by atoms with Crippen LogP contribution in [0.3, 0.4) is 0 Å². The summed E-state index contributed by atoms with van der Waals surface area (Å²) in [5.41, 5.74) is -1.34. The molecule has 0 radical (unpaired) electrons. The van der Waals surface area contributed by atoms with Gasteiger partial charge < -0.3 is 4.55 Å². The summed E-state index contributed by atoms with van der Waals surface area (Å²) in [6.07, 6.45) is -2.23. The number of pyridine rings is 1. The molecule has 23 heavy (non-hydrogen) atoms. The van der Waals surface area contributed by atoms with Crippen molar-refractivity contribution in [2.75, 3.05) is 6.26 Å². The zero-order valence-corrected chi connectivity index (χ0v) is 13.1. The molecule has 0 saturated heterocycles. The van der Waals surface area contributed by atoms with Crippen LogP contribution in [-0.4, -0.2) is 21.5 Å². The summed E-state index contributed by atoms with van der Waals surface area (Å²) in [7, 11) is 0. The second-order valence-electron chi connectivity index (χ2n) is 4.45. The molecule has 122 valence electrons. The van der Waals surface area contributed by atoms with Crippen molar-refractivity contribution < 1.29 is 22.1 Å². The lowest BCUT2D eigenvalue weighted by molar-refractivity contribution is -0.137. The van der Waals surface area contributed by atoms with Gasteiger partial charge in [-0.1, -0.05) is 16.0 Å². The first-order chi connectivity index (χ1) is 10.7. The number of nitrogens with zero attached hydrogens (tertiary/aromatic N) is 2. The molecule has 1 atom stereocenters. The van der Waals surface area contributed by atoms with Gasteiger partial charge in [-0.15, -0.1) is 0 Å². The average molecular weight is 365 g/mol. The first-order valence-corrected chi connectivity index (χ1v) is 7.98. The Hall–Kier alpha value is -1.64. The number of alkyl halides is 3. The quantitative estimate of drug-likeness (QED) is 0.469. The topological polar surface area (TPSA) is 48.3 Å². The van der Waals surface area contributed by atoms with Crippen LogP contribution in [0.1, 0.15) is 16.8 Å². The van der Waals surface area contributed by atoms with E-state index in [9.17, 15) is 22.1 Å². The molecule has 0 fully saturated rings. The van der Waals surface area contributed by atoms with Crippen molar-refractivity contribution in [3.8, 4) is 0 Å². The highest BCUT2D eigenvalue weighted by atomic mass is 35.5. The Bertz CT molecular complexity index is 733. The molecule has 1 unspecified atom stereocenters. The summed E-state index contributed by atoms with van der Waals surface area (Å²) < 4.78 is 67.2. The summed E-state index contributed by atoms with van der Waals surface area (Å²) in [6.45, 7) is 0. The first-order valence-electron chi connectivity index (χ1n) is 6.09. The lowest BCUT2D eigenvalue weighted by Crippen LogP contribution is -2.12. The monoisotopic (exact) mass is 364 g/mol. The zero-order valence-electron chi connectivity index (χ0n) is 11.6. The second-order valence-corrected chi connectivity index (χ2v) is 5.92. The Balaban J connectivity index is 2.61. The molecule has 0 aliphatic heterocycles. The normalized spacial score (nSPS) is 14.0. The van der Waals surface area contributed by atoms with Gasteiger partial charge in [0.05, 0.1) is 27.6 Å². The van der Waals surface area contributed by atoms with Crippen molar-refractivity contribution >= 4 is 28.7 Å². The Morgan fingerprint density at radius 2 is 1.96 bits per heavy atom. The maximum absolute atomic E-state index is 13.6. The van der Waals surface area contributed by atoms with Gasteiger partial charge >= 0.3 is 6.18 Å². The van der Waals surface area contributed by atoms with E-state index >= 15 is 0 Å². The van der Waals surface area contributed by atoms with Crippen molar-refractivity contribution in [2.24, 2.45) is 4.40 Å². The largest absolute Gasteiger partial charge is 0.591 e. The van der Waals surface area contributed by atoms with E-state index in [1.165, 1.54) is 24.6 Å². The Labute approximate surface area is 137 Å². The fraction of sp³-hybridized carbons (Fsp3) is 0.143. The number of hydrogen-bond donors (Lipinski definition) is 0. The molecule has 1 aromatic carbocycles. The Morgan fingerprint density at radius 1 is 1.26 bits per heavy atom. The first kappa shape index (κ1) is 17.7. The molecule has 2 aromatic rings. The summed E-state index contributed by atoms with van der Waals surface area (Å²) in [5, 5.41) is 0.306. The number of halogens is 5. The molecule has 3 nitrogen and oxygen atoms in total. The molecule has 9 heteroatoms. The number of benzene rings is 1. The maximum Gasteiger partial charge on any atom is 0.416 e. The van der Waals surface area contributed by atoms with Gasteiger partial charge in [-0.25, -0.2) is 4.39 Å². The predicted molar refractivity (Wildman–Crippen MR) is 80.4 cm³/mol. The highest BCUT2D eigenvalue weighted by molar-refractivity contribution is 7.89. The van der Waals surface area contributed by atoms with Crippen molar-refractivity contribution in [3.05, 3.63) is 64.2 Å². The Morgan fingerprint density at radius 3 is 2.48 bits per heavy atom. The summed E-state index contributed by atoms with van der Waals surface area (Å²) in [4.78, 5) is 3.93. The van der Waals surface area contributed by atoms with Crippen molar-refractivity contribution in [2.45, 2.75) is 6.18 Å². The summed E-state index contributed by atoms with van der Waals surface area (Å²) in [5.74, 6) is -1.08. The van der Waals surface area contributed by atoms with Crippen LogP contribution in [0.2, 0.25) is 5.02 Å². The molecule has 0 saturated carbocycles. The minimum absolute atomic E-state index is 0.118. The van der Waals surface area contributed by atoms with Crippen molar-refractivity contribution in [1.29, 1.82) is 0 Å². The lowest BCUT2D eigenvalue weighted by Gasteiger charge is -2.11. The maximum atomic E-state index is 13.6. The van der Waals surface area contributed by atoms with Gasteiger partial charge in [-0.2, -0.15) is 13.2 Å². The third-order valence-corrected chi connectivity index (χ3v) is 3.35. The molecule has 1 heterocycles. The minimum Gasteiger partial charge on any atom is -0.591 e. The van der Waals surface area contributed by atoms with Gasteiger partial charge in [0.1, 0.15) is 17.8 Å². The lowest BCUT2D eigenvalue weighted by atomic mass is 10.0. The molecule has 0 N–H and O–H groups in total. The molecule has 1 aromatic heterocycles. The van der Waals surface area contributed by atoms with E-state index in [1.54, 1.807) is 0 Å². The zero-order chi connectivity index (χ0) is 17.2. The third kappa shape index (κ3) is 4.66. The highest BCUT2D eigenvalue weighted by Gasteiger charge is 2.32. The molecule has 2 rings (SSSR count). The molecule has 0 amide bonds. The molecule has 0 bridgehead atoms. The number of rotatable bonds is 3. The van der Waals surface area contributed by atoms with E-state index in [4.69, 9.17) is 11.6 Å². The smallest absolute Gasteiger partial charge is 0.416 e. The van der Waals surface area contributed by atoms with Crippen LogP contribution >= 0.6 is 11.6 Å².